The third-order valence-electron chi connectivity index (χ3n) is 3.23. The number of aromatic nitrogens is 1. The lowest BCUT2D eigenvalue weighted by atomic mass is 10.0. The molecular formula is C13H17ClN2O. The lowest BCUT2D eigenvalue weighted by Crippen LogP contribution is -2.42. The summed E-state index contributed by atoms with van der Waals surface area (Å²) >= 11 is 5.89. The summed E-state index contributed by atoms with van der Waals surface area (Å²) in [5, 5.41) is 0.387. The summed E-state index contributed by atoms with van der Waals surface area (Å²) in [6.07, 6.45) is 3.39. The first-order chi connectivity index (χ1) is 8.08. The number of likely N-dealkylation sites (tertiary alicyclic amines) is 1. The van der Waals surface area contributed by atoms with Crippen LogP contribution in [-0.4, -0.2) is 28.4 Å². The highest BCUT2D eigenvalue weighted by molar-refractivity contribution is 6.29. The Morgan fingerprint density at radius 3 is 2.88 bits per heavy atom. The third-order valence-corrected chi connectivity index (χ3v) is 3.43. The maximum atomic E-state index is 12.4. The second-order valence-corrected chi connectivity index (χ2v) is 5.05. The van der Waals surface area contributed by atoms with Gasteiger partial charge in [0.15, 0.2) is 0 Å². The van der Waals surface area contributed by atoms with Gasteiger partial charge in [0.2, 0.25) is 0 Å². The first-order valence-electron chi connectivity index (χ1n) is 6.03. The van der Waals surface area contributed by atoms with E-state index in [1.54, 1.807) is 12.1 Å². The summed E-state index contributed by atoms with van der Waals surface area (Å²) in [4.78, 5) is 18.4. The van der Waals surface area contributed by atoms with Crippen molar-refractivity contribution < 1.29 is 4.79 Å². The zero-order valence-corrected chi connectivity index (χ0v) is 11.0. The molecule has 1 aliphatic heterocycles. The van der Waals surface area contributed by atoms with Crippen molar-refractivity contribution in [2.24, 2.45) is 0 Å². The van der Waals surface area contributed by atoms with E-state index in [2.05, 4.69) is 11.9 Å². The van der Waals surface area contributed by atoms with E-state index < -0.39 is 0 Å². The number of hydrogen-bond acceptors (Lipinski definition) is 2. The number of halogens is 1. The fraction of sp³-hybridized carbons (Fsp3) is 0.538. The Bertz CT molecular complexity index is 413. The number of aryl methyl sites for hydroxylation is 1. The average Bonchev–Trinajstić information content (AvgIpc) is 2.27. The van der Waals surface area contributed by atoms with Crippen molar-refractivity contribution in [3.05, 3.63) is 28.5 Å². The molecule has 0 aliphatic carbocycles. The maximum absolute atomic E-state index is 12.4. The number of carbonyl (C=O) groups excluding carboxylic acids is 1. The van der Waals surface area contributed by atoms with E-state index in [1.165, 1.54) is 6.42 Å². The molecule has 92 valence electrons. The molecule has 2 heterocycles. The van der Waals surface area contributed by atoms with E-state index >= 15 is 0 Å². The van der Waals surface area contributed by atoms with Crippen LogP contribution in [0.3, 0.4) is 0 Å². The zero-order chi connectivity index (χ0) is 12.4. The Kier molecular flexibility index (Phi) is 3.67. The molecule has 0 bridgehead atoms. The fourth-order valence-electron chi connectivity index (χ4n) is 2.32. The molecule has 1 aromatic heterocycles. The number of pyridine rings is 1. The van der Waals surface area contributed by atoms with Gasteiger partial charge >= 0.3 is 0 Å². The molecule has 1 unspecified atom stereocenters. The summed E-state index contributed by atoms with van der Waals surface area (Å²) in [5.74, 6) is 0.0737. The van der Waals surface area contributed by atoms with E-state index in [0.29, 0.717) is 16.8 Å². The quantitative estimate of drug-likeness (QED) is 0.720. The monoisotopic (exact) mass is 252 g/mol. The summed E-state index contributed by atoms with van der Waals surface area (Å²) in [5.41, 5.74) is 1.43. The average molecular weight is 253 g/mol. The standard InChI is InChI=1S/C13H17ClN2O/c1-9-7-11(8-12(14)15-9)13(17)16-6-4-3-5-10(16)2/h7-8,10H,3-6H2,1-2H3. The molecule has 0 radical (unpaired) electrons. The minimum Gasteiger partial charge on any atom is -0.336 e. The van der Waals surface area contributed by atoms with Gasteiger partial charge in [0.05, 0.1) is 0 Å². The Labute approximate surface area is 107 Å². The second-order valence-electron chi connectivity index (χ2n) is 4.66. The van der Waals surface area contributed by atoms with Crippen LogP contribution in [0.5, 0.6) is 0 Å². The SMILES string of the molecule is Cc1cc(C(=O)N2CCCCC2C)cc(Cl)n1. The summed E-state index contributed by atoms with van der Waals surface area (Å²) in [6.45, 7) is 4.80. The molecule has 3 nitrogen and oxygen atoms in total. The molecule has 1 amide bonds. The highest BCUT2D eigenvalue weighted by Gasteiger charge is 2.24. The van der Waals surface area contributed by atoms with Crippen molar-refractivity contribution in [3.63, 3.8) is 0 Å². The third kappa shape index (κ3) is 2.78. The van der Waals surface area contributed by atoms with Gasteiger partial charge in [-0.15, -0.1) is 0 Å². The molecule has 1 saturated heterocycles. The van der Waals surface area contributed by atoms with Crippen LogP contribution >= 0.6 is 11.6 Å². The van der Waals surface area contributed by atoms with Gasteiger partial charge in [0.1, 0.15) is 5.15 Å². The van der Waals surface area contributed by atoms with Gasteiger partial charge in [-0.1, -0.05) is 11.6 Å². The number of amides is 1. The van der Waals surface area contributed by atoms with E-state index in [-0.39, 0.29) is 5.91 Å². The summed E-state index contributed by atoms with van der Waals surface area (Å²) in [7, 11) is 0. The minimum atomic E-state index is 0.0737. The Balaban J connectivity index is 2.23. The predicted octanol–water partition coefficient (Wildman–Crippen LogP) is 3.06. The molecule has 1 aliphatic rings. The molecule has 4 heteroatoms. The van der Waals surface area contributed by atoms with E-state index in [4.69, 9.17) is 11.6 Å². The molecule has 2 rings (SSSR count). The van der Waals surface area contributed by atoms with Crippen LogP contribution in [0.25, 0.3) is 0 Å². The zero-order valence-electron chi connectivity index (χ0n) is 10.2. The molecule has 1 aromatic rings. The number of piperidine rings is 1. The molecule has 0 aromatic carbocycles. The smallest absolute Gasteiger partial charge is 0.254 e. The van der Waals surface area contributed by atoms with E-state index in [0.717, 1.165) is 25.1 Å². The van der Waals surface area contributed by atoms with Gasteiger partial charge in [-0.2, -0.15) is 0 Å². The highest BCUT2D eigenvalue weighted by atomic mass is 35.5. The van der Waals surface area contributed by atoms with Crippen LogP contribution in [0.4, 0.5) is 0 Å². The van der Waals surface area contributed by atoms with Crippen LogP contribution in [-0.2, 0) is 0 Å². The maximum Gasteiger partial charge on any atom is 0.254 e. The van der Waals surface area contributed by atoms with Crippen LogP contribution in [0.2, 0.25) is 5.15 Å². The van der Waals surface area contributed by atoms with Crippen LogP contribution in [0.15, 0.2) is 12.1 Å². The Morgan fingerprint density at radius 1 is 1.47 bits per heavy atom. The lowest BCUT2D eigenvalue weighted by molar-refractivity contribution is 0.0635. The normalized spacial score (nSPS) is 20.4. The largest absolute Gasteiger partial charge is 0.336 e. The second kappa shape index (κ2) is 5.05. The number of rotatable bonds is 1. The van der Waals surface area contributed by atoms with Crippen LogP contribution in [0.1, 0.15) is 42.2 Å². The molecule has 0 saturated carbocycles. The van der Waals surface area contributed by atoms with Gasteiger partial charge in [0.25, 0.3) is 5.91 Å². The van der Waals surface area contributed by atoms with Gasteiger partial charge in [-0.25, -0.2) is 4.98 Å². The van der Waals surface area contributed by atoms with Crippen molar-refractivity contribution in [1.82, 2.24) is 9.88 Å². The van der Waals surface area contributed by atoms with Crippen molar-refractivity contribution >= 4 is 17.5 Å². The molecule has 0 N–H and O–H groups in total. The molecule has 17 heavy (non-hydrogen) atoms. The first-order valence-corrected chi connectivity index (χ1v) is 6.41. The van der Waals surface area contributed by atoms with Gasteiger partial charge in [-0.3, -0.25) is 4.79 Å². The number of nitrogens with zero attached hydrogens (tertiary/aromatic N) is 2. The summed E-state index contributed by atoms with van der Waals surface area (Å²) in [6, 6.07) is 3.77. The predicted molar refractivity (Wildman–Crippen MR) is 68.3 cm³/mol. The van der Waals surface area contributed by atoms with Crippen molar-refractivity contribution in [1.29, 1.82) is 0 Å². The molecular weight excluding hydrogens is 236 g/mol. The number of carbonyl (C=O) groups is 1. The molecule has 0 spiro atoms. The van der Waals surface area contributed by atoms with E-state index in [1.807, 2.05) is 11.8 Å². The highest BCUT2D eigenvalue weighted by Crippen LogP contribution is 2.20. The van der Waals surface area contributed by atoms with Crippen molar-refractivity contribution in [2.75, 3.05) is 6.54 Å². The van der Waals surface area contributed by atoms with Crippen LogP contribution in [0, 0.1) is 6.92 Å². The Hall–Kier alpha value is -1.09. The first kappa shape index (κ1) is 12.4. The molecule has 1 atom stereocenters. The van der Waals surface area contributed by atoms with Gasteiger partial charge in [0, 0.05) is 23.8 Å². The molecule has 1 fully saturated rings. The van der Waals surface area contributed by atoms with Gasteiger partial charge in [-0.05, 0) is 45.2 Å². The van der Waals surface area contributed by atoms with Crippen LogP contribution < -0.4 is 0 Å². The Morgan fingerprint density at radius 2 is 2.24 bits per heavy atom. The number of hydrogen-bond donors (Lipinski definition) is 0. The van der Waals surface area contributed by atoms with Crippen molar-refractivity contribution in [3.8, 4) is 0 Å². The van der Waals surface area contributed by atoms with Gasteiger partial charge < -0.3 is 4.90 Å². The van der Waals surface area contributed by atoms with E-state index in [9.17, 15) is 4.79 Å². The van der Waals surface area contributed by atoms with Crippen molar-refractivity contribution in [2.45, 2.75) is 39.2 Å². The minimum absolute atomic E-state index is 0.0737. The lowest BCUT2D eigenvalue weighted by Gasteiger charge is -2.33. The topological polar surface area (TPSA) is 33.2 Å². The fourth-order valence-corrected chi connectivity index (χ4v) is 2.57. The summed E-state index contributed by atoms with van der Waals surface area (Å²) < 4.78 is 0.